The highest BCUT2D eigenvalue weighted by Gasteiger charge is 2.47. The molecule has 0 radical (unpaired) electrons. The summed E-state index contributed by atoms with van der Waals surface area (Å²) < 4.78 is 48.6. The molecule has 55 heavy (non-hydrogen) atoms. The van der Waals surface area contributed by atoms with Crippen LogP contribution in [0.4, 0.5) is 24.9 Å². The number of likely N-dealkylation sites (tertiary alicyclic amines) is 2. The first-order chi connectivity index (χ1) is 26.5. The molecule has 0 bridgehead atoms. The number of halogens is 3. The largest absolute Gasteiger partial charge is 0.481 e. The van der Waals surface area contributed by atoms with Gasteiger partial charge in [0.25, 0.3) is 0 Å². The van der Waals surface area contributed by atoms with Gasteiger partial charge in [-0.2, -0.15) is 23.3 Å². The minimum Gasteiger partial charge on any atom is -0.481 e. The molecule has 0 unspecified atom stereocenters. The van der Waals surface area contributed by atoms with Crippen molar-refractivity contribution in [3.8, 4) is 16.9 Å². The van der Waals surface area contributed by atoms with Crippen molar-refractivity contribution >= 4 is 39.5 Å². The van der Waals surface area contributed by atoms with Gasteiger partial charge in [0.1, 0.15) is 11.3 Å². The number of benzene rings is 2. The van der Waals surface area contributed by atoms with E-state index in [1.807, 2.05) is 24.0 Å². The van der Waals surface area contributed by atoms with Gasteiger partial charge in [-0.05, 0) is 118 Å². The molecule has 292 valence electrons. The highest BCUT2D eigenvalue weighted by atomic mass is 19.4. The Morgan fingerprint density at radius 2 is 1.67 bits per heavy atom. The lowest BCUT2D eigenvalue weighted by molar-refractivity contribution is -0.153. The summed E-state index contributed by atoms with van der Waals surface area (Å²) in [5, 5.41) is 8.95. The van der Waals surface area contributed by atoms with Crippen molar-refractivity contribution in [3.05, 3.63) is 48.2 Å². The summed E-state index contributed by atoms with van der Waals surface area (Å²) in [5.74, 6) is 1.63. The monoisotopic (exact) mass is 756 g/mol. The van der Waals surface area contributed by atoms with E-state index in [1.165, 1.54) is 12.5 Å². The summed E-state index contributed by atoms with van der Waals surface area (Å²) in [6.07, 6.45) is 6.66. The van der Waals surface area contributed by atoms with Crippen LogP contribution in [0.2, 0.25) is 0 Å². The zero-order chi connectivity index (χ0) is 38.1. The molecule has 1 amide bonds. The molecule has 6 heterocycles. The van der Waals surface area contributed by atoms with Gasteiger partial charge in [0.05, 0.1) is 11.7 Å². The Labute approximate surface area is 320 Å². The number of nitrogens with zero attached hydrogens (tertiary/aromatic N) is 7. The SMILES string of the molecule is C=CC(=O)N1CC2(CCN(c3nc(N4CCC5(CCN(CCC)C5)CC4)nc4c(OCC(F)(F)F)c(-c5c(C)ccc6[nH]ncc56)c(C5CC5)cc34)CC2)C1. The van der Waals surface area contributed by atoms with Crippen LogP contribution in [0.15, 0.2) is 37.1 Å². The minimum atomic E-state index is -4.55. The number of alkyl halides is 3. The summed E-state index contributed by atoms with van der Waals surface area (Å²) >= 11 is 0. The van der Waals surface area contributed by atoms with Crippen LogP contribution in [0.3, 0.4) is 0 Å². The first-order valence-corrected chi connectivity index (χ1v) is 20.1. The minimum absolute atomic E-state index is 0.0328. The Balaban J connectivity index is 1.17. The predicted octanol–water partition coefficient (Wildman–Crippen LogP) is 7.62. The highest BCUT2D eigenvalue weighted by molar-refractivity contribution is 6.06. The third kappa shape index (κ3) is 6.69. The lowest BCUT2D eigenvalue weighted by Crippen LogP contribution is -2.61. The Morgan fingerprint density at radius 3 is 2.36 bits per heavy atom. The number of hydrogen-bond donors (Lipinski definition) is 1. The molecule has 2 aromatic carbocycles. The highest BCUT2D eigenvalue weighted by Crippen LogP contribution is 2.54. The van der Waals surface area contributed by atoms with E-state index in [1.54, 1.807) is 6.20 Å². The van der Waals surface area contributed by atoms with Crippen LogP contribution in [-0.2, 0) is 4.79 Å². The number of anilines is 2. The van der Waals surface area contributed by atoms with Crippen molar-refractivity contribution in [1.82, 2.24) is 30.0 Å². The number of aromatic amines is 1. The predicted molar refractivity (Wildman–Crippen MR) is 209 cm³/mol. The van der Waals surface area contributed by atoms with Gasteiger partial charge in [-0.15, -0.1) is 0 Å². The second-order valence-electron chi connectivity index (χ2n) is 17.1. The van der Waals surface area contributed by atoms with Gasteiger partial charge in [-0.25, -0.2) is 4.98 Å². The summed E-state index contributed by atoms with van der Waals surface area (Å²) in [6.45, 7) is 14.3. The van der Waals surface area contributed by atoms with Gasteiger partial charge in [-0.1, -0.05) is 19.6 Å². The fourth-order valence-corrected chi connectivity index (χ4v) is 10.0. The molecule has 5 fully saturated rings. The third-order valence-corrected chi connectivity index (χ3v) is 13.3. The Hall–Kier alpha value is -4.39. The van der Waals surface area contributed by atoms with Gasteiger partial charge < -0.3 is 24.3 Å². The van der Waals surface area contributed by atoms with E-state index in [0.717, 1.165) is 143 Å². The van der Waals surface area contributed by atoms with E-state index < -0.39 is 12.8 Å². The van der Waals surface area contributed by atoms with Gasteiger partial charge in [0, 0.05) is 67.6 Å². The van der Waals surface area contributed by atoms with E-state index in [2.05, 4.69) is 44.5 Å². The molecule has 9 rings (SSSR count). The van der Waals surface area contributed by atoms with Gasteiger partial charge >= 0.3 is 6.18 Å². The zero-order valence-electron chi connectivity index (χ0n) is 32.0. The normalized spacial score (nSPS) is 21.2. The van der Waals surface area contributed by atoms with Gasteiger partial charge in [0.2, 0.25) is 11.9 Å². The molecular weight excluding hydrogens is 706 g/mol. The van der Waals surface area contributed by atoms with Crippen molar-refractivity contribution in [3.63, 3.8) is 0 Å². The first kappa shape index (κ1) is 36.3. The van der Waals surface area contributed by atoms with Crippen LogP contribution >= 0.6 is 0 Å². The van der Waals surface area contributed by atoms with Crippen LogP contribution in [0.5, 0.6) is 5.75 Å². The van der Waals surface area contributed by atoms with Crippen molar-refractivity contribution in [2.45, 2.75) is 77.3 Å². The molecule has 4 saturated heterocycles. The van der Waals surface area contributed by atoms with Crippen LogP contribution in [0.25, 0.3) is 32.9 Å². The van der Waals surface area contributed by atoms with Crippen molar-refractivity contribution < 1.29 is 22.7 Å². The molecule has 10 nitrogen and oxygen atoms in total. The van der Waals surface area contributed by atoms with Crippen LogP contribution in [0.1, 0.15) is 75.3 Å². The number of H-pyrrole nitrogens is 1. The number of piperidine rings is 2. The smallest absolute Gasteiger partial charge is 0.422 e. The van der Waals surface area contributed by atoms with E-state index in [4.69, 9.17) is 14.7 Å². The average Bonchev–Trinajstić information content (AvgIpc) is 3.78. The second-order valence-corrected chi connectivity index (χ2v) is 17.1. The number of carbonyl (C=O) groups is 1. The number of amides is 1. The number of aryl methyl sites for hydroxylation is 1. The molecule has 2 aromatic heterocycles. The lowest BCUT2D eigenvalue weighted by atomic mass is 9.72. The summed E-state index contributed by atoms with van der Waals surface area (Å²) in [7, 11) is 0. The fraction of sp³-hybridized carbons (Fsp3) is 0.571. The second kappa shape index (κ2) is 13.7. The lowest BCUT2D eigenvalue weighted by Gasteiger charge is -2.54. The molecule has 4 aliphatic heterocycles. The number of aromatic nitrogens is 4. The molecule has 1 N–H and O–H groups in total. The number of ether oxygens (including phenoxy) is 1. The van der Waals surface area contributed by atoms with Crippen LogP contribution in [-0.4, -0.2) is 108 Å². The molecule has 1 aliphatic carbocycles. The van der Waals surface area contributed by atoms with E-state index in [0.29, 0.717) is 17.0 Å². The Kier molecular flexibility index (Phi) is 9.01. The molecular formula is C42H51F3N8O2. The average molecular weight is 757 g/mol. The molecule has 2 spiro atoms. The number of fused-ring (bicyclic) bond motifs is 2. The maximum absolute atomic E-state index is 14.2. The third-order valence-electron chi connectivity index (χ3n) is 13.3. The van der Waals surface area contributed by atoms with E-state index >= 15 is 0 Å². The summed E-state index contributed by atoms with van der Waals surface area (Å²) in [4.78, 5) is 31.9. The van der Waals surface area contributed by atoms with Gasteiger partial charge in [0.15, 0.2) is 12.4 Å². The molecule has 1 saturated carbocycles. The number of rotatable bonds is 9. The molecule has 13 heteroatoms. The Bertz CT molecular complexity index is 2120. The fourth-order valence-electron chi connectivity index (χ4n) is 10.0. The van der Waals surface area contributed by atoms with Crippen molar-refractivity contribution in [2.75, 3.05) is 75.3 Å². The number of carbonyl (C=O) groups excluding carboxylic acids is 1. The molecule has 0 atom stereocenters. The number of nitrogens with one attached hydrogen (secondary N) is 1. The maximum Gasteiger partial charge on any atom is 0.422 e. The first-order valence-electron chi connectivity index (χ1n) is 20.1. The van der Waals surface area contributed by atoms with Crippen LogP contribution in [0, 0.1) is 17.8 Å². The summed E-state index contributed by atoms with van der Waals surface area (Å²) in [5.41, 5.74) is 4.99. The molecule has 5 aliphatic rings. The quantitative estimate of drug-likeness (QED) is 0.175. The number of hydrogen-bond acceptors (Lipinski definition) is 8. The van der Waals surface area contributed by atoms with Gasteiger partial charge in [-0.3, -0.25) is 9.89 Å². The van der Waals surface area contributed by atoms with Crippen LogP contribution < -0.4 is 14.5 Å². The zero-order valence-corrected chi connectivity index (χ0v) is 32.0. The van der Waals surface area contributed by atoms with Crippen molar-refractivity contribution in [1.29, 1.82) is 0 Å². The maximum atomic E-state index is 14.2. The molecule has 4 aromatic rings. The van der Waals surface area contributed by atoms with E-state index in [9.17, 15) is 18.0 Å². The summed E-state index contributed by atoms with van der Waals surface area (Å²) in [6, 6.07) is 6.11. The standard InChI is InChI=1S/C42H51F3N8O2/c1-4-15-50-16-10-40(23-50)11-19-52(20-12-40)39-47-36-30(38(48-39)51-17-13-41(14-18-51)24-53(25-41)33(54)5-2)21-29(28-7-8-28)35(37(36)55-26-42(43,44)45)34-27(3)6-9-32-31(34)22-46-49-32/h5-6,9,21-22,28H,2,4,7-8,10-20,23-26H2,1,3H3,(H,46,49). The Morgan fingerprint density at radius 1 is 0.964 bits per heavy atom. The van der Waals surface area contributed by atoms with Crippen molar-refractivity contribution in [2.24, 2.45) is 10.8 Å². The van der Waals surface area contributed by atoms with E-state index in [-0.39, 0.29) is 28.4 Å². The topological polar surface area (TPSA) is 93.7 Å².